The van der Waals surface area contributed by atoms with Crippen LogP contribution >= 0.6 is 0 Å². The molecule has 1 saturated heterocycles. The lowest BCUT2D eigenvalue weighted by Crippen LogP contribution is -2.33. The Balaban J connectivity index is 2.29. The van der Waals surface area contributed by atoms with Gasteiger partial charge in [0, 0.05) is 19.1 Å². The van der Waals surface area contributed by atoms with Crippen LogP contribution in [0.4, 0.5) is 0 Å². The zero-order valence-electron chi connectivity index (χ0n) is 7.82. The van der Waals surface area contributed by atoms with Gasteiger partial charge in [-0.15, -0.1) is 0 Å². The average Bonchev–Trinajstić information content (AvgIpc) is 2.55. The molecular weight excluding hydrogens is 156 g/mol. The normalized spacial score (nSPS) is 28.8. The molecule has 1 aliphatic rings. The van der Waals surface area contributed by atoms with Crippen LogP contribution in [-0.4, -0.2) is 37.1 Å². The molecule has 1 aliphatic heterocycles. The van der Waals surface area contributed by atoms with Gasteiger partial charge in [-0.05, 0) is 20.3 Å². The Morgan fingerprint density at radius 3 is 2.92 bits per heavy atom. The number of ether oxygens (including phenoxy) is 2. The lowest BCUT2D eigenvalue weighted by atomic mass is 9.98. The van der Waals surface area contributed by atoms with Gasteiger partial charge in [0.2, 0.25) is 0 Å². The van der Waals surface area contributed by atoms with Gasteiger partial charge < -0.3 is 14.6 Å². The van der Waals surface area contributed by atoms with Gasteiger partial charge in [0.05, 0.1) is 18.8 Å². The van der Waals surface area contributed by atoms with Gasteiger partial charge in [-0.2, -0.15) is 0 Å². The standard InChI is InChI=1S/C9H18O3/c1-3-12-7(2)9(10)8-4-5-11-6-8/h7-10H,3-6H2,1-2H3. The average molecular weight is 174 g/mol. The minimum atomic E-state index is -0.368. The zero-order chi connectivity index (χ0) is 8.97. The Morgan fingerprint density at radius 1 is 1.67 bits per heavy atom. The van der Waals surface area contributed by atoms with E-state index in [1.807, 2.05) is 13.8 Å². The van der Waals surface area contributed by atoms with Crippen LogP contribution in [0.3, 0.4) is 0 Å². The Bertz CT molecular complexity index is 121. The van der Waals surface area contributed by atoms with E-state index in [1.165, 1.54) is 0 Å². The van der Waals surface area contributed by atoms with Gasteiger partial charge in [-0.3, -0.25) is 0 Å². The molecule has 3 unspecified atom stereocenters. The Hall–Kier alpha value is -0.120. The summed E-state index contributed by atoms with van der Waals surface area (Å²) in [6.45, 7) is 5.96. The lowest BCUT2D eigenvalue weighted by Gasteiger charge is -2.22. The molecule has 0 amide bonds. The third-order valence-electron chi connectivity index (χ3n) is 2.36. The summed E-state index contributed by atoms with van der Waals surface area (Å²) in [5, 5.41) is 9.74. The van der Waals surface area contributed by atoms with Gasteiger partial charge in [0.15, 0.2) is 0 Å². The van der Waals surface area contributed by atoms with Gasteiger partial charge in [0.1, 0.15) is 0 Å². The van der Waals surface area contributed by atoms with Gasteiger partial charge in [0.25, 0.3) is 0 Å². The number of hydrogen-bond donors (Lipinski definition) is 1. The van der Waals surface area contributed by atoms with E-state index in [-0.39, 0.29) is 18.1 Å². The number of aliphatic hydroxyl groups is 1. The first-order valence-corrected chi connectivity index (χ1v) is 4.63. The maximum Gasteiger partial charge on any atom is 0.0850 e. The number of rotatable bonds is 4. The van der Waals surface area contributed by atoms with Crippen LogP contribution < -0.4 is 0 Å². The molecule has 1 rings (SSSR count). The summed E-state index contributed by atoms with van der Waals surface area (Å²) in [7, 11) is 0. The van der Waals surface area contributed by atoms with Crippen LogP contribution in [0.25, 0.3) is 0 Å². The van der Waals surface area contributed by atoms with Gasteiger partial charge >= 0.3 is 0 Å². The molecular formula is C9H18O3. The summed E-state index contributed by atoms with van der Waals surface area (Å²) in [6, 6.07) is 0. The molecule has 3 heteroatoms. The Labute approximate surface area is 73.7 Å². The fourth-order valence-corrected chi connectivity index (χ4v) is 1.57. The molecule has 3 nitrogen and oxygen atoms in total. The van der Waals surface area contributed by atoms with Crippen LogP contribution in [0.2, 0.25) is 0 Å². The molecule has 0 spiro atoms. The molecule has 0 aromatic rings. The molecule has 0 saturated carbocycles. The molecule has 72 valence electrons. The monoisotopic (exact) mass is 174 g/mol. The Morgan fingerprint density at radius 2 is 2.42 bits per heavy atom. The predicted octanol–water partition coefficient (Wildman–Crippen LogP) is 0.809. The van der Waals surface area contributed by atoms with Crippen LogP contribution in [0.1, 0.15) is 20.3 Å². The first-order valence-electron chi connectivity index (χ1n) is 4.63. The van der Waals surface area contributed by atoms with Crippen LogP contribution in [0, 0.1) is 5.92 Å². The van der Waals surface area contributed by atoms with Crippen molar-refractivity contribution in [2.75, 3.05) is 19.8 Å². The molecule has 0 aliphatic carbocycles. The SMILES string of the molecule is CCOC(C)C(O)C1CCOC1. The maximum atomic E-state index is 9.74. The molecule has 0 bridgehead atoms. The van der Waals surface area contributed by atoms with Crippen molar-refractivity contribution in [3.05, 3.63) is 0 Å². The van der Waals surface area contributed by atoms with Crippen molar-refractivity contribution in [2.45, 2.75) is 32.5 Å². The van der Waals surface area contributed by atoms with Crippen molar-refractivity contribution in [3.63, 3.8) is 0 Å². The van der Waals surface area contributed by atoms with Gasteiger partial charge in [-0.25, -0.2) is 0 Å². The second-order valence-electron chi connectivity index (χ2n) is 3.27. The molecule has 1 N–H and O–H groups in total. The molecule has 0 aromatic heterocycles. The molecule has 12 heavy (non-hydrogen) atoms. The molecule has 0 radical (unpaired) electrons. The smallest absolute Gasteiger partial charge is 0.0850 e. The summed E-state index contributed by atoms with van der Waals surface area (Å²) >= 11 is 0. The molecule has 0 aromatic carbocycles. The van der Waals surface area contributed by atoms with E-state index < -0.39 is 0 Å². The Kier molecular flexibility index (Phi) is 3.98. The van der Waals surface area contributed by atoms with E-state index in [1.54, 1.807) is 0 Å². The lowest BCUT2D eigenvalue weighted by molar-refractivity contribution is -0.0492. The van der Waals surface area contributed by atoms with E-state index in [4.69, 9.17) is 9.47 Å². The van der Waals surface area contributed by atoms with Crippen LogP contribution in [0.15, 0.2) is 0 Å². The predicted molar refractivity (Wildman–Crippen MR) is 46.0 cm³/mol. The summed E-state index contributed by atoms with van der Waals surface area (Å²) < 4.78 is 10.5. The molecule has 1 heterocycles. The van der Waals surface area contributed by atoms with Crippen molar-refractivity contribution < 1.29 is 14.6 Å². The summed E-state index contributed by atoms with van der Waals surface area (Å²) in [5.74, 6) is 0.270. The van der Waals surface area contributed by atoms with E-state index in [9.17, 15) is 5.11 Å². The largest absolute Gasteiger partial charge is 0.390 e. The maximum absolute atomic E-state index is 9.74. The second kappa shape index (κ2) is 4.80. The van der Waals surface area contributed by atoms with Crippen molar-refractivity contribution in [1.29, 1.82) is 0 Å². The third-order valence-corrected chi connectivity index (χ3v) is 2.36. The van der Waals surface area contributed by atoms with Crippen molar-refractivity contribution in [1.82, 2.24) is 0 Å². The highest BCUT2D eigenvalue weighted by Crippen LogP contribution is 2.19. The highest BCUT2D eigenvalue weighted by Gasteiger charge is 2.28. The van der Waals surface area contributed by atoms with E-state index in [0.29, 0.717) is 13.2 Å². The van der Waals surface area contributed by atoms with E-state index >= 15 is 0 Å². The van der Waals surface area contributed by atoms with E-state index in [2.05, 4.69) is 0 Å². The van der Waals surface area contributed by atoms with E-state index in [0.717, 1.165) is 13.0 Å². The fraction of sp³-hybridized carbons (Fsp3) is 1.00. The first kappa shape index (κ1) is 9.96. The molecule has 1 fully saturated rings. The minimum absolute atomic E-state index is 0.0679. The third kappa shape index (κ3) is 2.44. The minimum Gasteiger partial charge on any atom is -0.390 e. The quantitative estimate of drug-likeness (QED) is 0.685. The van der Waals surface area contributed by atoms with Crippen LogP contribution in [-0.2, 0) is 9.47 Å². The zero-order valence-corrected chi connectivity index (χ0v) is 7.82. The second-order valence-corrected chi connectivity index (χ2v) is 3.27. The number of aliphatic hydroxyl groups excluding tert-OH is 1. The van der Waals surface area contributed by atoms with Crippen molar-refractivity contribution in [3.8, 4) is 0 Å². The van der Waals surface area contributed by atoms with Gasteiger partial charge in [-0.1, -0.05) is 0 Å². The summed E-state index contributed by atoms with van der Waals surface area (Å²) in [6.07, 6.45) is 0.521. The first-order chi connectivity index (χ1) is 5.75. The van der Waals surface area contributed by atoms with Crippen molar-refractivity contribution >= 4 is 0 Å². The number of hydrogen-bond acceptors (Lipinski definition) is 3. The van der Waals surface area contributed by atoms with Crippen LogP contribution in [0.5, 0.6) is 0 Å². The fourth-order valence-electron chi connectivity index (χ4n) is 1.57. The summed E-state index contributed by atoms with van der Waals surface area (Å²) in [4.78, 5) is 0. The highest BCUT2D eigenvalue weighted by molar-refractivity contribution is 4.77. The molecule has 3 atom stereocenters. The summed E-state index contributed by atoms with van der Waals surface area (Å²) in [5.41, 5.74) is 0. The topological polar surface area (TPSA) is 38.7 Å². The van der Waals surface area contributed by atoms with Crippen molar-refractivity contribution in [2.24, 2.45) is 5.92 Å². The highest BCUT2D eigenvalue weighted by atomic mass is 16.5.